The number of hydrogen-bond acceptors (Lipinski definition) is 5. The minimum Gasteiger partial charge on any atom is -0.464 e. The van der Waals surface area contributed by atoms with Crippen molar-refractivity contribution < 1.29 is 23.1 Å². The monoisotopic (exact) mass is 401 g/mol. The lowest BCUT2D eigenvalue weighted by Crippen LogP contribution is -2.50. The van der Waals surface area contributed by atoms with Crippen LogP contribution in [-0.4, -0.2) is 37.2 Å². The minimum absolute atomic E-state index is 0.0408. The van der Waals surface area contributed by atoms with Crippen molar-refractivity contribution in [1.29, 1.82) is 0 Å². The fourth-order valence-corrected chi connectivity index (χ4v) is 5.36. The Balaban J connectivity index is 1.81. The number of rotatable bonds is 3. The van der Waals surface area contributed by atoms with Crippen LogP contribution >= 0.6 is 0 Å². The second-order valence-corrected chi connectivity index (χ2v) is 9.85. The predicted octanol–water partition coefficient (Wildman–Crippen LogP) is 2.92. The highest BCUT2D eigenvalue weighted by Gasteiger charge is 2.49. The lowest BCUT2D eigenvalue weighted by atomic mass is 9.76. The standard InChI is InChI=1S/C21H23NO5S/c1-21(2)19(22-12-6-9-18(22)23)16-11-10-15(13-17(16)27-20(21)24)28(25,26)14-7-4-3-5-8-14/h3-5,7-8,10-11,13,19-20,24H,6,9,12H2,1-2H3/t19?,20-/m0/s1. The van der Waals surface area contributed by atoms with Crippen LogP contribution in [0.4, 0.5) is 0 Å². The van der Waals surface area contributed by atoms with Crippen molar-refractivity contribution in [3.05, 3.63) is 54.1 Å². The van der Waals surface area contributed by atoms with Crippen molar-refractivity contribution in [2.45, 2.75) is 48.8 Å². The molecular weight excluding hydrogens is 378 g/mol. The normalized spacial score (nSPS) is 24.0. The molecule has 2 aliphatic rings. The summed E-state index contributed by atoms with van der Waals surface area (Å²) in [6.07, 6.45) is 0.102. The van der Waals surface area contributed by atoms with Crippen LogP contribution in [0.5, 0.6) is 5.75 Å². The lowest BCUT2D eigenvalue weighted by molar-refractivity contribution is -0.158. The van der Waals surface area contributed by atoms with E-state index in [-0.39, 0.29) is 21.7 Å². The van der Waals surface area contributed by atoms with Gasteiger partial charge in [0.25, 0.3) is 0 Å². The van der Waals surface area contributed by atoms with Crippen molar-refractivity contribution in [3.63, 3.8) is 0 Å². The van der Waals surface area contributed by atoms with E-state index >= 15 is 0 Å². The minimum atomic E-state index is -3.71. The molecule has 4 rings (SSSR count). The largest absolute Gasteiger partial charge is 0.464 e. The maximum Gasteiger partial charge on any atom is 0.223 e. The number of benzene rings is 2. The molecule has 1 saturated heterocycles. The summed E-state index contributed by atoms with van der Waals surface area (Å²) in [6, 6.07) is 12.5. The number of ether oxygens (including phenoxy) is 1. The Morgan fingerprint density at radius 2 is 1.82 bits per heavy atom. The molecule has 148 valence electrons. The number of aliphatic hydroxyl groups excluding tert-OH is 1. The van der Waals surface area contributed by atoms with Crippen molar-refractivity contribution in [2.24, 2.45) is 5.41 Å². The maximum absolute atomic E-state index is 12.9. The SMILES string of the molecule is CC1(C)C(N2CCCC2=O)c2ccc(S(=O)(=O)c3ccccc3)cc2O[C@@H]1O. The summed E-state index contributed by atoms with van der Waals surface area (Å²) in [6.45, 7) is 4.32. The van der Waals surface area contributed by atoms with Gasteiger partial charge in [-0.15, -0.1) is 0 Å². The number of carbonyl (C=O) groups excluding carboxylic acids is 1. The number of likely N-dealkylation sites (tertiary alicyclic amines) is 1. The highest BCUT2D eigenvalue weighted by molar-refractivity contribution is 7.91. The number of hydrogen-bond donors (Lipinski definition) is 1. The average molecular weight is 401 g/mol. The third kappa shape index (κ3) is 2.89. The second-order valence-electron chi connectivity index (χ2n) is 7.90. The molecule has 1 amide bonds. The van der Waals surface area contributed by atoms with Crippen LogP contribution in [0.1, 0.15) is 38.3 Å². The summed E-state index contributed by atoms with van der Waals surface area (Å²) in [4.78, 5) is 14.5. The fraction of sp³-hybridized carbons (Fsp3) is 0.381. The Hall–Kier alpha value is -2.38. The zero-order valence-corrected chi connectivity index (χ0v) is 16.6. The molecule has 0 saturated carbocycles. The number of nitrogens with zero attached hydrogens (tertiary/aromatic N) is 1. The molecule has 1 unspecified atom stereocenters. The first kappa shape index (κ1) is 19.0. The van der Waals surface area contributed by atoms with Gasteiger partial charge in [-0.25, -0.2) is 8.42 Å². The number of amides is 1. The Morgan fingerprint density at radius 3 is 2.46 bits per heavy atom. The second kappa shape index (κ2) is 6.60. The van der Waals surface area contributed by atoms with E-state index in [1.807, 2.05) is 13.8 Å². The van der Waals surface area contributed by atoms with E-state index in [0.29, 0.717) is 18.7 Å². The summed E-state index contributed by atoms with van der Waals surface area (Å²) in [7, 11) is -3.71. The van der Waals surface area contributed by atoms with E-state index in [1.165, 1.54) is 6.07 Å². The van der Waals surface area contributed by atoms with Crippen molar-refractivity contribution in [2.75, 3.05) is 6.54 Å². The van der Waals surface area contributed by atoms with E-state index in [0.717, 1.165) is 12.0 Å². The number of carbonyl (C=O) groups is 1. The van der Waals surface area contributed by atoms with Crippen molar-refractivity contribution in [3.8, 4) is 5.75 Å². The molecule has 2 aromatic carbocycles. The molecule has 6 nitrogen and oxygen atoms in total. The van der Waals surface area contributed by atoms with Gasteiger partial charge in [0.05, 0.1) is 21.2 Å². The van der Waals surface area contributed by atoms with Crippen LogP contribution in [-0.2, 0) is 14.6 Å². The van der Waals surface area contributed by atoms with Gasteiger partial charge in [0, 0.05) is 18.5 Å². The molecule has 1 fully saturated rings. The van der Waals surface area contributed by atoms with Gasteiger partial charge in [0.1, 0.15) is 5.75 Å². The van der Waals surface area contributed by atoms with E-state index in [9.17, 15) is 18.3 Å². The highest BCUT2D eigenvalue weighted by atomic mass is 32.2. The topological polar surface area (TPSA) is 83.9 Å². The molecule has 0 bridgehead atoms. The smallest absolute Gasteiger partial charge is 0.223 e. The van der Waals surface area contributed by atoms with Gasteiger partial charge >= 0.3 is 0 Å². The van der Waals surface area contributed by atoms with Crippen LogP contribution in [0.3, 0.4) is 0 Å². The van der Waals surface area contributed by atoms with Crippen LogP contribution < -0.4 is 4.74 Å². The number of aliphatic hydroxyl groups is 1. The van der Waals surface area contributed by atoms with Crippen LogP contribution in [0.25, 0.3) is 0 Å². The molecule has 28 heavy (non-hydrogen) atoms. The third-order valence-corrected chi connectivity index (χ3v) is 7.41. The molecule has 2 atom stereocenters. The van der Waals surface area contributed by atoms with Crippen LogP contribution in [0.2, 0.25) is 0 Å². The summed E-state index contributed by atoms with van der Waals surface area (Å²) >= 11 is 0. The van der Waals surface area contributed by atoms with Gasteiger partial charge in [-0.1, -0.05) is 38.1 Å². The molecule has 0 spiro atoms. The van der Waals surface area contributed by atoms with E-state index in [1.54, 1.807) is 47.4 Å². The van der Waals surface area contributed by atoms with Gasteiger partial charge < -0.3 is 14.7 Å². The zero-order chi connectivity index (χ0) is 20.1. The first-order valence-electron chi connectivity index (χ1n) is 9.31. The average Bonchev–Trinajstić information content (AvgIpc) is 3.08. The first-order chi connectivity index (χ1) is 13.2. The lowest BCUT2D eigenvalue weighted by Gasteiger charge is -2.47. The summed E-state index contributed by atoms with van der Waals surface area (Å²) in [5.74, 6) is 0.340. The Bertz CT molecular complexity index is 1020. The Labute approximate surface area is 164 Å². The van der Waals surface area contributed by atoms with E-state index in [2.05, 4.69) is 0 Å². The zero-order valence-electron chi connectivity index (χ0n) is 15.8. The van der Waals surface area contributed by atoms with E-state index in [4.69, 9.17) is 4.74 Å². The Morgan fingerprint density at radius 1 is 1.11 bits per heavy atom. The fourth-order valence-electron chi connectivity index (χ4n) is 4.07. The Kier molecular flexibility index (Phi) is 4.47. The van der Waals surface area contributed by atoms with Gasteiger partial charge in [0.2, 0.25) is 22.0 Å². The molecule has 2 heterocycles. The summed E-state index contributed by atoms with van der Waals surface area (Å²) in [5, 5.41) is 10.6. The molecular formula is C21H23NO5S. The number of sulfone groups is 1. The van der Waals surface area contributed by atoms with Gasteiger partial charge in [-0.05, 0) is 30.7 Å². The molecule has 7 heteroatoms. The molecule has 0 aliphatic carbocycles. The predicted molar refractivity (Wildman–Crippen MR) is 102 cm³/mol. The summed E-state index contributed by atoms with van der Waals surface area (Å²) in [5.41, 5.74) is -0.00938. The molecule has 0 aromatic heterocycles. The quantitative estimate of drug-likeness (QED) is 0.855. The van der Waals surface area contributed by atoms with Gasteiger partial charge in [-0.2, -0.15) is 0 Å². The van der Waals surface area contributed by atoms with Crippen molar-refractivity contribution in [1.82, 2.24) is 4.90 Å². The van der Waals surface area contributed by atoms with Gasteiger partial charge in [0.15, 0.2) is 0 Å². The van der Waals surface area contributed by atoms with Crippen LogP contribution in [0.15, 0.2) is 58.3 Å². The highest BCUT2D eigenvalue weighted by Crippen LogP contribution is 2.50. The third-order valence-electron chi connectivity index (χ3n) is 5.64. The molecule has 0 radical (unpaired) electrons. The van der Waals surface area contributed by atoms with Crippen molar-refractivity contribution >= 4 is 15.7 Å². The molecule has 2 aromatic rings. The van der Waals surface area contributed by atoms with Gasteiger partial charge in [-0.3, -0.25) is 4.79 Å². The van der Waals surface area contributed by atoms with E-state index < -0.39 is 21.5 Å². The molecule has 1 N–H and O–H groups in total. The number of fused-ring (bicyclic) bond motifs is 1. The summed E-state index contributed by atoms with van der Waals surface area (Å²) < 4.78 is 31.6. The van der Waals surface area contributed by atoms with Crippen LogP contribution in [0, 0.1) is 5.41 Å². The maximum atomic E-state index is 12.9. The first-order valence-corrected chi connectivity index (χ1v) is 10.8. The molecule has 2 aliphatic heterocycles.